The summed E-state index contributed by atoms with van der Waals surface area (Å²) in [4.78, 5) is 8.58. The number of rotatable bonds is 5. The van der Waals surface area contributed by atoms with Gasteiger partial charge in [-0.2, -0.15) is 0 Å². The van der Waals surface area contributed by atoms with E-state index in [0.29, 0.717) is 5.88 Å². The molecule has 2 heterocycles. The van der Waals surface area contributed by atoms with Crippen molar-refractivity contribution >= 4 is 10.9 Å². The fraction of sp³-hybridized carbons (Fsp3) is 0.176. The molecular formula is C17H17N3O. The summed E-state index contributed by atoms with van der Waals surface area (Å²) >= 11 is 0. The van der Waals surface area contributed by atoms with Crippen LogP contribution in [0.1, 0.15) is 11.1 Å². The van der Waals surface area contributed by atoms with Crippen molar-refractivity contribution in [3.05, 3.63) is 66.0 Å². The summed E-state index contributed by atoms with van der Waals surface area (Å²) in [6.07, 6.45) is 3.69. The molecule has 0 fully saturated rings. The van der Waals surface area contributed by atoms with Crippen LogP contribution in [0.25, 0.3) is 10.9 Å². The number of hydrogen-bond donors (Lipinski definition) is 1. The first-order valence-electron chi connectivity index (χ1n) is 6.89. The van der Waals surface area contributed by atoms with Crippen LogP contribution in [-0.4, -0.2) is 17.1 Å². The van der Waals surface area contributed by atoms with E-state index >= 15 is 0 Å². The SMILES string of the molecule is COc1ccc(CNCc2ccnc3ccccc23)cn1. The first-order chi connectivity index (χ1) is 10.4. The predicted octanol–water partition coefficient (Wildman–Crippen LogP) is 2.93. The molecule has 1 aromatic carbocycles. The quantitative estimate of drug-likeness (QED) is 0.780. The lowest BCUT2D eigenvalue weighted by Crippen LogP contribution is -2.13. The van der Waals surface area contributed by atoms with Gasteiger partial charge in [0.2, 0.25) is 5.88 Å². The van der Waals surface area contributed by atoms with Gasteiger partial charge in [0.1, 0.15) is 0 Å². The summed E-state index contributed by atoms with van der Waals surface area (Å²) in [6.45, 7) is 1.57. The summed E-state index contributed by atoms with van der Waals surface area (Å²) < 4.78 is 5.05. The minimum Gasteiger partial charge on any atom is -0.481 e. The highest BCUT2D eigenvalue weighted by Crippen LogP contribution is 2.16. The molecule has 106 valence electrons. The summed E-state index contributed by atoms with van der Waals surface area (Å²) in [5.41, 5.74) is 3.42. The van der Waals surface area contributed by atoms with Crippen LogP contribution in [0.15, 0.2) is 54.9 Å². The van der Waals surface area contributed by atoms with Gasteiger partial charge in [0.05, 0.1) is 12.6 Å². The van der Waals surface area contributed by atoms with Crippen LogP contribution < -0.4 is 10.1 Å². The number of nitrogens with zero attached hydrogens (tertiary/aromatic N) is 2. The number of aromatic nitrogens is 2. The number of methoxy groups -OCH3 is 1. The Kier molecular flexibility index (Phi) is 4.07. The van der Waals surface area contributed by atoms with Gasteiger partial charge in [-0.3, -0.25) is 4.98 Å². The van der Waals surface area contributed by atoms with Crippen molar-refractivity contribution in [1.29, 1.82) is 0 Å². The standard InChI is InChI=1S/C17H17N3O/c1-21-17-7-6-13(11-20-17)10-18-12-14-8-9-19-16-5-3-2-4-15(14)16/h2-9,11,18H,10,12H2,1H3. The Morgan fingerprint density at radius 1 is 1.00 bits per heavy atom. The number of para-hydroxylation sites is 1. The molecule has 4 heteroatoms. The lowest BCUT2D eigenvalue weighted by Gasteiger charge is -2.08. The Morgan fingerprint density at radius 3 is 2.71 bits per heavy atom. The largest absolute Gasteiger partial charge is 0.481 e. The number of fused-ring (bicyclic) bond motifs is 1. The van der Waals surface area contributed by atoms with E-state index < -0.39 is 0 Å². The Bertz CT molecular complexity index is 720. The zero-order chi connectivity index (χ0) is 14.5. The van der Waals surface area contributed by atoms with Crippen LogP contribution in [0.2, 0.25) is 0 Å². The van der Waals surface area contributed by atoms with Crippen LogP contribution in [0.3, 0.4) is 0 Å². The monoisotopic (exact) mass is 279 g/mol. The van der Waals surface area contributed by atoms with Crippen molar-refractivity contribution in [2.75, 3.05) is 7.11 Å². The molecule has 0 saturated carbocycles. The van der Waals surface area contributed by atoms with Crippen molar-refractivity contribution in [3.63, 3.8) is 0 Å². The van der Waals surface area contributed by atoms with E-state index in [9.17, 15) is 0 Å². The third kappa shape index (κ3) is 3.17. The molecule has 0 bridgehead atoms. The predicted molar refractivity (Wildman–Crippen MR) is 83.1 cm³/mol. The van der Waals surface area contributed by atoms with E-state index in [0.717, 1.165) is 24.2 Å². The average Bonchev–Trinajstić information content (AvgIpc) is 2.56. The second-order valence-electron chi connectivity index (χ2n) is 4.80. The molecule has 21 heavy (non-hydrogen) atoms. The molecule has 0 aliphatic heterocycles. The van der Waals surface area contributed by atoms with E-state index in [4.69, 9.17) is 4.74 Å². The lowest BCUT2D eigenvalue weighted by molar-refractivity contribution is 0.397. The first kappa shape index (κ1) is 13.5. The highest BCUT2D eigenvalue weighted by Gasteiger charge is 2.01. The van der Waals surface area contributed by atoms with Crippen LogP contribution >= 0.6 is 0 Å². The van der Waals surface area contributed by atoms with Crippen molar-refractivity contribution in [3.8, 4) is 5.88 Å². The Balaban J connectivity index is 1.66. The number of hydrogen-bond acceptors (Lipinski definition) is 4. The number of benzene rings is 1. The molecular weight excluding hydrogens is 262 g/mol. The van der Waals surface area contributed by atoms with Gasteiger partial charge in [-0.1, -0.05) is 24.3 Å². The first-order valence-corrected chi connectivity index (χ1v) is 6.89. The topological polar surface area (TPSA) is 47.0 Å². The smallest absolute Gasteiger partial charge is 0.212 e. The highest BCUT2D eigenvalue weighted by molar-refractivity contribution is 5.81. The summed E-state index contributed by atoms with van der Waals surface area (Å²) in [7, 11) is 1.62. The summed E-state index contributed by atoms with van der Waals surface area (Å²) in [5, 5.41) is 4.63. The second kappa shape index (κ2) is 6.33. The molecule has 3 aromatic rings. The molecule has 0 unspecified atom stereocenters. The molecule has 0 radical (unpaired) electrons. The summed E-state index contributed by atoms with van der Waals surface area (Å²) in [5.74, 6) is 0.638. The molecule has 0 atom stereocenters. The van der Waals surface area contributed by atoms with E-state index in [1.54, 1.807) is 7.11 Å². The van der Waals surface area contributed by atoms with Crippen LogP contribution in [0, 0.1) is 0 Å². The minimum atomic E-state index is 0.638. The molecule has 0 spiro atoms. The van der Waals surface area contributed by atoms with Crippen molar-refractivity contribution in [2.45, 2.75) is 13.1 Å². The third-order valence-electron chi connectivity index (χ3n) is 3.39. The number of nitrogens with one attached hydrogen (secondary N) is 1. The minimum absolute atomic E-state index is 0.638. The second-order valence-corrected chi connectivity index (χ2v) is 4.80. The van der Waals surface area contributed by atoms with E-state index in [2.05, 4.69) is 27.4 Å². The van der Waals surface area contributed by atoms with Crippen LogP contribution in [0.5, 0.6) is 5.88 Å². The van der Waals surface area contributed by atoms with Gasteiger partial charge in [0.25, 0.3) is 0 Å². The van der Waals surface area contributed by atoms with Gasteiger partial charge in [-0.05, 0) is 23.3 Å². The fourth-order valence-electron chi connectivity index (χ4n) is 2.29. The van der Waals surface area contributed by atoms with Crippen LogP contribution in [-0.2, 0) is 13.1 Å². The maximum Gasteiger partial charge on any atom is 0.212 e. The van der Waals surface area contributed by atoms with Crippen molar-refractivity contribution in [2.24, 2.45) is 0 Å². The Hall–Kier alpha value is -2.46. The molecule has 0 amide bonds. The van der Waals surface area contributed by atoms with Crippen molar-refractivity contribution in [1.82, 2.24) is 15.3 Å². The third-order valence-corrected chi connectivity index (χ3v) is 3.39. The van der Waals surface area contributed by atoms with Crippen molar-refractivity contribution < 1.29 is 4.74 Å². The van der Waals surface area contributed by atoms with Crippen LogP contribution in [0.4, 0.5) is 0 Å². The lowest BCUT2D eigenvalue weighted by atomic mass is 10.1. The van der Waals surface area contributed by atoms with Gasteiger partial charge in [-0.25, -0.2) is 4.98 Å². The van der Waals surface area contributed by atoms with E-state index in [1.165, 1.54) is 10.9 Å². The normalized spacial score (nSPS) is 10.7. The fourth-order valence-corrected chi connectivity index (χ4v) is 2.29. The van der Waals surface area contributed by atoms with Gasteiger partial charge in [0, 0.05) is 36.9 Å². The molecule has 1 N–H and O–H groups in total. The summed E-state index contributed by atoms with van der Waals surface area (Å²) in [6, 6.07) is 14.1. The number of pyridine rings is 2. The molecule has 4 nitrogen and oxygen atoms in total. The molecule has 0 saturated heterocycles. The molecule has 2 aromatic heterocycles. The maximum atomic E-state index is 5.05. The van der Waals surface area contributed by atoms with Gasteiger partial charge < -0.3 is 10.1 Å². The molecule has 0 aliphatic carbocycles. The average molecular weight is 279 g/mol. The van der Waals surface area contributed by atoms with Gasteiger partial charge in [0.15, 0.2) is 0 Å². The van der Waals surface area contributed by atoms with Gasteiger partial charge >= 0.3 is 0 Å². The number of ether oxygens (including phenoxy) is 1. The maximum absolute atomic E-state index is 5.05. The van der Waals surface area contributed by atoms with Gasteiger partial charge in [-0.15, -0.1) is 0 Å². The Morgan fingerprint density at radius 2 is 1.90 bits per heavy atom. The Labute approximate surface area is 123 Å². The zero-order valence-electron chi connectivity index (χ0n) is 11.9. The molecule has 3 rings (SSSR count). The van der Waals surface area contributed by atoms with E-state index in [1.807, 2.05) is 42.7 Å². The van der Waals surface area contributed by atoms with E-state index in [-0.39, 0.29) is 0 Å². The zero-order valence-corrected chi connectivity index (χ0v) is 11.9. The molecule has 0 aliphatic rings. The highest BCUT2D eigenvalue weighted by atomic mass is 16.5.